The highest BCUT2D eigenvalue weighted by atomic mass is 32.1. The third-order valence-corrected chi connectivity index (χ3v) is 3.35. The zero-order chi connectivity index (χ0) is 13.0. The highest BCUT2D eigenvalue weighted by Gasteiger charge is 2.11. The summed E-state index contributed by atoms with van der Waals surface area (Å²) >= 11 is 1.02. The van der Waals surface area contributed by atoms with Gasteiger partial charge in [-0.2, -0.15) is 0 Å². The lowest BCUT2D eigenvalue weighted by Crippen LogP contribution is -2.05. The van der Waals surface area contributed by atoms with Crippen LogP contribution < -0.4 is 11.1 Å². The van der Waals surface area contributed by atoms with Gasteiger partial charge in [-0.15, -0.1) is 0 Å². The minimum absolute atomic E-state index is 0.0320. The molecule has 0 saturated carbocycles. The highest BCUT2D eigenvalue weighted by molar-refractivity contribution is 7.18. The van der Waals surface area contributed by atoms with Gasteiger partial charge in [-0.3, -0.25) is 10.1 Å². The number of nitrogens with zero attached hydrogens (tertiary/aromatic N) is 2. The number of hydrogen-bond acceptors (Lipinski definition) is 6. The fourth-order valence-corrected chi connectivity index (χ4v) is 2.16. The Morgan fingerprint density at radius 1 is 1.39 bits per heavy atom. The van der Waals surface area contributed by atoms with Crippen molar-refractivity contribution in [1.82, 2.24) is 4.98 Å². The Balaban J connectivity index is 2.04. The Kier molecular flexibility index (Phi) is 3.85. The normalized spacial score (nSPS) is 10.3. The number of aromatic nitrogens is 1. The van der Waals surface area contributed by atoms with E-state index in [1.165, 1.54) is 6.20 Å². The van der Waals surface area contributed by atoms with E-state index in [1.807, 2.05) is 24.3 Å². The number of thiazole rings is 1. The van der Waals surface area contributed by atoms with Crippen molar-refractivity contribution in [2.45, 2.75) is 13.1 Å². The van der Waals surface area contributed by atoms with E-state index in [2.05, 4.69) is 10.3 Å². The van der Waals surface area contributed by atoms with Gasteiger partial charge < -0.3 is 11.1 Å². The Bertz CT molecular complexity index is 555. The van der Waals surface area contributed by atoms with Gasteiger partial charge in [-0.05, 0) is 22.5 Å². The second-order valence-corrected chi connectivity index (χ2v) is 4.60. The van der Waals surface area contributed by atoms with E-state index in [0.717, 1.165) is 22.5 Å². The van der Waals surface area contributed by atoms with Gasteiger partial charge >= 0.3 is 5.00 Å². The SMILES string of the molecule is NCc1ccccc1CNc1ncc([N+](=O)[O-])s1. The monoisotopic (exact) mass is 264 g/mol. The molecule has 0 aliphatic rings. The average molecular weight is 264 g/mol. The van der Waals surface area contributed by atoms with Crippen LogP contribution in [0.15, 0.2) is 30.5 Å². The quantitative estimate of drug-likeness (QED) is 0.637. The lowest BCUT2D eigenvalue weighted by atomic mass is 10.1. The Morgan fingerprint density at radius 3 is 2.72 bits per heavy atom. The van der Waals surface area contributed by atoms with Crippen LogP contribution in [0.4, 0.5) is 10.1 Å². The summed E-state index contributed by atoms with van der Waals surface area (Å²) in [4.78, 5) is 14.0. The molecule has 0 saturated heterocycles. The van der Waals surface area contributed by atoms with Gasteiger partial charge in [-0.1, -0.05) is 24.3 Å². The molecule has 0 amide bonds. The summed E-state index contributed by atoms with van der Waals surface area (Å²) in [5, 5.41) is 14.1. The number of nitrogens with one attached hydrogen (secondary N) is 1. The molecule has 0 atom stereocenters. The van der Waals surface area contributed by atoms with Crippen LogP contribution in [-0.2, 0) is 13.1 Å². The first-order valence-corrected chi connectivity index (χ1v) is 6.13. The molecule has 0 spiro atoms. The summed E-state index contributed by atoms with van der Waals surface area (Å²) in [6, 6.07) is 7.79. The molecule has 0 aliphatic carbocycles. The van der Waals surface area contributed by atoms with Crippen molar-refractivity contribution < 1.29 is 4.92 Å². The zero-order valence-corrected chi connectivity index (χ0v) is 10.3. The molecule has 0 unspecified atom stereocenters. The molecule has 0 fully saturated rings. The van der Waals surface area contributed by atoms with Crippen LogP contribution in [0.5, 0.6) is 0 Å². The first-order chi connectivity index (χ1) is 8.70. The third kappa shape index (κ3) is 2.82. The van der Waals surface area contributed by atoms with Crippen LogP contribution in [0.2, 0.25) is 0 Å². The molecule has 2 rings (SSSR count). The predicted molar refractivity (Wildman–Crippen MR) is 70.4 cm³/mol. The van der Waals surface area contributed by atoms with Gasteiger partial charge in [0.2, 0.25) is 0 Å². The third-order valence-electron chi connectivity index (χ3n) is 2.44. The first kappa shape index (κ1) is 12.5. The van der Waals surface area contributed by atoms with Crippen LogP contribution in [0.25, 0.3) is 0 Å². The van der Waals surface area contributed by atoms with Crippen LogP contribution >= 0.6 is 11.3 Å². The molecule has 1 aromatic carbocycles. The number of rotatable bonds is 5. The molecule has 3 N–H and O–H groups in total. The number of hydrogen-bond donors (Lipinski definition) is 2. The molecule has 7 heteroatoms. The summed E-state index contributed by atoms with van der Waals surface area (Å²) in [7, 11) is 0. The summed E-state index contributed by atoms with van der Waals surface area (Å²) < 4.78 is 0. The molecule has 2 aromatic rings. The van der Waals surface area contributed by atoms with Crippen molar-refractivity contribution in [3.8, 4) is 0 Å². The minimum atomic E-state index is -0.448. The molecule has 0 aliphatic heterocycles. The number of benzene rings is 1. The van der Waals surface area contributed by atoms with Gasteiger partial charge in [0, 0.05) is 13.1 Å². The Hall–Kier alpha value is -1.99. The van der Waals surface area contributed by atoms with E-state index in [0.29, 0.717) is 18.2 Å². The maximum absolute atomic E-state index is 10.5. The van der Waals surface area contributed by atoms with Crippen LogP contribution in [0.3, 0.4) is 0 Å². The Labute approximate surface area is 108 Å². The van der Waals surface area contributed by atoms with Crippen LogP contribution in [0, 0.1) is 10.1 Å². The molecule has 0 bridgehead atoms. The smallest absolute Gasteiger partial charge is 0.345 e. The van der Waals surface area contributed by atoms with E-state index in [4.69, 9.17) is 5.73 Å². The maximum atomic E-state index is 10.5. The lowest BCUT2D eigenvalue weighted by Gasteiger charge is -2.07. The maximum Gasteiger partial charge on any atom is 0.345 e. The van der Waals surface area contributed by atoms with Gasteiger partial charge in [0.05, 0.1) is 4.92 Å². The second-order valence-electron chi connectivity index (χ2n) is 3.59. The van der Waals surface area contributed by atoms with E-state index in [9.17, 15) is 10.1 Å². The molecular weight excluding hydrogens is 252 g/mol. The van der Waals surface area contributed by atoms with Crippen molar-refractivity contribution >= 4 is 21.5 Å². The van der Waals surface area contributed by atoms with Crippen LogP contribution in [-0.4, -0.2) is 9.91 Å². The molecular formula is C11H12N4O2S. The van der Waals surface area contributed by atoms with Crippen molar-refractivity contribution in [2.24, 2.45) is 5.73 Å². The van der Waals surface area contributed by atoms with E-state index >= 15 is 0 Å². The average Bonchev–Trinajstić information content (AvgIpc) is 2.85. The number of anilines is 1. The molecule has 1 aromatic heterocycles. The van der Waals surface area contributed by atoms with Gasteiger partial charge in [0.25, 0.3) is 0 Å². The van der Waals surface area contributed by atoms with Crippen LogP contribution in [0.1, 0.15) is 11.1 Å². The second kappa shape index (κ2) is 5.56. The van der Waals surface area contributed by atoms with E-state index < -0.39 is 4.92 Å². The Morgan fingerprint density at radius 2 is 2.11 bits per heavy atom. The number of nitrogens with two attached hydrogens (primary N) is 1. The topological polar surface area (TPSA) is 94.1 Å². The lowest BCUT2D eigenvalue weighted by molar-refractivity contribution is -0.380. The van der Waals surface area contributed by atoms with Crippen molar-refractivity contribution in [1.29, 1.82) is 0 Å². The van der Waals surface area contributed by atoms with Gasteiger partial charge in [0.15, 0.2) is 5.13 Å². The fraction of sp³-hybridized carbons (Fsp3) is 0.182. The molecule has 0 radical (unpaired) electrons. The summed E-state index contributed by atoms with van der Waals surface area (Å²) in [6.07, 6.45) is 1.25. The zero-order valence-electron chi connectivity index (χ0n) is 9.50. The van der Waals surface area contributed by atoms with Crippen molar-refractivity contribution in [3.63, 3.8) is 0 Å². The van der Waals surface area contributed by atoms with Gasteiger partial charge in [0.1, 0.15) is 6.20 Å². The molecule has 6 nitrogen and oxygen atoms in total. The first-order valence-electron chi connectivity index (χ1n) is 5.31. The van der Waals surface area contributed by atoms with Crippen molar-refractivity contribution in [2.75, 3.05) is 5.32 Å². The van der Waals surface area contributed by atoms with Crippen molar-refractivity contribution in [3.05, 3.63) is 51.7 Å². The molecule has 18 heavy (non-hydrogen) atoms. The van der Waals surface area contributed by atoms with E-state index in [-0.39, 0.29) is 5.00 Å². The molecule has 1 heterocycles. The predicted octanol–water partition coefficient (Wildman–Crippen LogP) is 2.12. The molecule has 94 valence electrons. The largest absolute Gasteiger partial charge is 0.357 e. The summed E-state index contributed by atoms with van der Waals surface area (Å²) in [5.74, 6) is 0. The fourth-order valence-electron chi connectivity index (χ4n) is 1.53. The summed E-state index contributed by atoms with van der Waals surface area (Å²) in [5.41, 5.74) is 7.75. The van der Waals surface area contributed by atoms with Gasteiger partial charge in [-0.25, -0.2) is 4.98 Å². The highest BCUT2D eigenvalue weighted by Crippen LogP contribution is 2.25. The minimum Gasteiger partial charge on any atom is -0.357 e. The summed E-state index contributed by atoms with van der Waals surface area (Å²) in [6.45, 7) is 1.02. The standard InChI is InChI=1S/C11H12N4O2S/c12-5-8-3-1-2-4-9(8)6-13-11-14-7-10(18-11)15(16)17/h1-4,7H,5-6,12H2,(H,13,14). The van der Waals surface area contributed by atoms with E-state index in [1.54, 1.807) is 0 Å². The number of nitro groups is 1.